The number of fused-ring (bicyclic) bond motifs is 1. The second-order valence-electron chi connectivity index (χ2n) is 6.09. The monoisotopic (exact) mass is 372 g/mol. The number of aryl methyl sites for hydroxylation is 1. The summed E-state index contributed by atoms with van der Waals surface area (Å²) in [7, 11) is 0. The van der Waals surface area contributed by atoms with Crippen molar-refractivity contribution in [2.75, 3.05) is 0 Å². The molecule has 7 nitrogen and oxygen atoms in total. The molecule has 138 valence electrons. The van der Waals surface area contributed by atoms with Crippen LogP contribution in [0, 0.1) is 6.92 Å². The smallest absolute Gasteiger partial charge is 0.292 e. The normalized spacial score (nSPS) is 11.2. The number of para-hydroxylation sites is 1. The highest BCUT2D eigenvalue weighted by Gasteiger charge is 2.17. The third-order valence-electron chi connectivity index (χ3n) is 4.14. The van der Waals surface area contributed by atoms with E-state index in [-0.39, 0.29) is 11.3 Å². The SMILES string of the molecule is Cc1ccc(/C=N\NC(=O)c2nn(-c3ccccc3)c(=O)c3ccccc23)o1. The number of nitrogens with one attached hydrogen (secondary N) is 1. The summed E-state index contributed by atoms with van der Waals surface area (Å²) in [6, 6.07) is 19.3. The average Bonchev–Trinajstić information content (AvgIpc) is 3.14. The zero-order valence-corrected chi connectivity index (χ0v) is 15.0. The summed E-state index contributed by atoms with van der Waals surface area (Å²) in [6.45, 7) is 1.82. The molecule has 1 N–H and O–H groups in total. The zero-order valence-electron chi connectivity index (χ0n) is 15.0. The number of hydrogen-bond donors (Lipinski definition) is 1. The largest absolute Gasteiger partial charge is 0.460 e. The molecule has 0 bridgehead atoms. The molecule has 0 saturated heterocycles. The minimum absolute atomic E-state index is 0.104. The molecule has 0 aliphatic carbocycles. The van der Waals surface area contributed by atoms with Crippen LogP contribution in [0.5, 0.6) is 0 Å². The van der Waals surface area contributed by atoms with Gasteiger partial charge in [-0.1, -0.05) is 36.4 Å². The van der Waals surface area contributed by atoms with E-state index in [1.807, 2.05) is 13.0 Å². The number of nitrogens with zero attached hydrogens (tertiary/aromatic N) is 3. The van der Waals surface area contributed by atoms with E-state index in [0.717, 1.165) is 5.76 Å². The maximum absolute atomic E-state index is 12.8. The van der Waals surface area contributed by atoms with Crippen LogP contribution in [0.2, 0.25) is 0 Å². The Balaban J connectivity index is 1.75. The van der Waals surface area contributed by atoms with E-state index in [1.165, 1.54) is 10.9 Å². The molecule has 2 heterocycles. The van der Waals surface area contributed by atoms with Crippen LogP contribution in [0.3, 0.4) is 0 Å². The van der Waals surface area contributed by atoms with Crippen molar-refractivity contribution in [2.24, 2.45) is 5.10 Å². The van der Waals surface area contributed by atoms with Gasteiger partial charge in [0.15, 0.2) is 5.69 Å². The molecule has 0 unspecified atom stereocenters. The number of furan rings is 1. The Morgan fingerprint density at radius 2 is 1.75 bits per heavy atom. The molecule has 2 aromatic carbocycles. The van der Waals surface area contributed by atoms with Gasteiger partial charge in [0.2, 0.25) is 0 Å². The Bertz CT molecular complexity index is 1240. The number of hydrogen-bond acceptors (Lipinski definition) is 5. The number of carbonyl (C=O) groups excluding carboxylic acids is 1. The van der Waals surface area contributed by atoms with E-state index in [4.69, 9.17) is 4.42 Å². The molecular weight excluding hydrogens is 356 g/mol. The molecular formula is C21H16N4O3. The molecule has 0 fully saturated rings. The van der Waals surface area contributed by atoms with E-state index < -0.39 is 5.91 Å². The molecule has 2 aromatic heterocycles. The van der Waals surface area contributed by atoms with Crippen LogP contribution < -0.4 is 11.0 Å². The van der Waals surface area contributed by atoms with Gasteiger partial charge in [0.25, 0.3) is 11.5 Å². The maximum atomic E-state index is 12.8. The van der Waals surface area contributed by atoms with Crippen molar-refractivity contribution in [1.82, 2.24) is 15.2 Å². The summed E-state index contributed by atoms with van der Waals surface area (Å²) < 4.78 is 6.59. The van der Waals surface area contributed by atoms with Gasteiger partial charge in [0.05, 0.1) is 17.3 Å². The van der Waals surface area contributed by atoms with Gasteiger partial charge in [0, 0.05) is 5.39 Å². The number of benzene rings is 2. The number of carbonyl (C=O) groups is 1. The number of hydrazone groups is 1. The summed E-state index contributed by atoms with van der Waals surface area (Å²) >= 11 is 0. The van der Waals surface area contributed by atoms with Crippen molar-refractivity contribution in [3.05, 3.63) is 94.3 Å². The summed E-state index contributed by atoms with van der Waals surface area (Å²) in [5.41, 5.74) is 2.82. The second kappa shape index (κ2) is 7.32. The molecule has 0 atom stereocenters. The minimum atomic E-state index is -0.527. The van der Waals surface area contributed by atoms with Gasteiger partial charge < -0.3 is 4.42 Å². The Morgan fingerprint density at radius 3 is 2.46 bits per heavy atom. The molecule has 0 radical (unpaired) electrons. The lowest BCUT2D eigenvalue weighted by Gasteiger charge is -2.10. The first-order valence-corrected chi connectivity index (χ1v) is 8.61. The number of rotatable bonds is 4. The van der Waals surface area contributed by atoms with Gasteiger partial charge in [0.1, 0.15) is 11.5 Å². The molecule has 0 saturated carbocycles. The fourth-order valence-corrected chi connectivity index (χ4v) is 2.83. The predicted octanol–water partition coefficient (Wildman–Crippen LogP) is 3.05. The topological polar surface area (TPSA) is 89.5 Å². The average molecular weight is 372 g/mol. The lowest BCUT2D eigenvalue weighted by molar-refractivity contribution is 0.0950. The van der Waals surface area contributed by atoms with Crippen LogP contribution >= 0.6 is 0 Å². The number of amides is 1. The molecule has 4 rings (SSSR count). The third-order valence-corrected chi connectivity index (χ3v) is 4.14. The van der Waals surface area contributed by atoms with E-state index >= 15 is 0 Å². The maximum Gasteiger partial charge on any atom is 0.292 e. The highest BCUT2D eigenvalue weighted by Crippen LogP contribution is 2.15. The second-order valence-corrected chi connectivity index (χ2v) is 6.09. The zero-order chi connectivity index (χ0) is 19.5. The summed E-state index contributed by atoms with van der Waals surface area (Å²) in [5.74, 6) is 0.737. The first kappa shape index (κ1) is 17.4. The Morgan fingerprint density at radius 1 is 1.04 bits per heavy atom. The fraction of sp³-hybridized carbons (Fsp3) is 0.0476. The first-order chi connectivity index (χ1) is 13.6. The first-order valence-electron chi connectivity index (χ1n) is 8.61. The van der Waals surface area contributed by atoms with Crippen molar-refractivity contribution in [1.29, 1.82) is 0 Å². The van der Waals surface area contributed by atoms with E-state index in [1.54, 1.807) is 60.7 Å². The van der Waals surface area contributed by atoms with Crippen LogP contribution in [-0.4, -0.2) is 21.9 Å². The van der Waals surface area contributed by atoms with E-state index in [2.05, 4.69) is 15.6 Å². The van der Waals surface area contributed by atoms with Crippen molar-refractivity contribution < 1.29 is 9.21 Å². The van der Waals surface area contributed by atoms with Gasteiger partial charge in [-0.05, 0) is 37.3 Å². The molecule has 0 spiro atoms. The molecule has 0 aliphatic rings. The van der Waals surface area contributed by atoms with Crippen LogP contribution in [0.4, 0.5) is 0 Å². The Kier molecular flexibility index (Phi) is 4.55. The predicted molar refractivity (Wildman–Crippen MR) is 106 cm³/mol. The summed E-state index contributed by atoms with van der Waals surface area (Å²) in [5, 5.41) is 9.07. The molecule has 0 aliphatic heterocycles. The fourth-order valence-electron chi connectivity index (χ4n) is 2.83. The highest BCUT2D eigenvalue weighted by atomic mass is 16.3. The Hall–Kier alpha value is -4.00. The lowest BCUT2D eigenvalue weighted by atomic mass is 10.1. The van der Waals surface area contributed by atoms with Crippen LogP contribution in [0.1, 0.15) is 22.0 Å². The van der Waals surface area contributed by atoms with Crippen LogP contribution in [0.15, 0.2) is 81.0 Å². The summed E-state index contributed by atoms with van der Waals surface area (Å²) in [4.78, 5) is 25.5. The van der Waals surface area contributed by atoms with Crippen LogP contribution in [-0.2, 0) is 0 Å². The molecule has 7 heteroatoms. The lowest BCUT2D eigenvalue weighted by Crippen LogP contribution is -2.28. The van der Waals surface area contributed by atoms with Gasteiger partial charge in [-0.3, -0.25) is 9.59 Å². The molecule has 28 heavy (non-hydrogen) atoms. The van der Waals surface area contributed by atoms with Crippen molar-refractivity contribution in [2.45, 2.75) is 6.92 Å². The highest BCUT2D eigenvalue weighted by molar-refractivity contribution is 6.05. The van der Waals surface area contributed by atoms with Crippen molar-refractivity contribution in [3.63, 3.8) is 0 Å². The van der Waals surface area contributed by atoms with Gasteiger partial charge >= 0.3 is 0 Å². The quantitative estimate of drug-likeness (QED) is 0.440. The van der Waals surface area contributed by atoms with E-state index in [9.17, 15) is 9.59 Å². The third kappa shape index (κ3) is 3.33. The molecule has 4 aromatic rings. The van der Waals surface area contributed by atoms with Crippen LogP contribution in [0.25, 0.3) is 16.5 Å². The van der Waals surface area contributed by atoms with Crippen molar-refractivity contribution in [3.8, 4) is 5.69 Å². The number of aromatic nitrogens is 2. The Labute approximate surface area is 159 Å². The standard InChI is InChI=1S/C21H16N4O3/c1-14-11-12-16(28-14)13-22-23-20(26)19-17-9-5-6-10-18(17)21(27)25(24-19)15-7-3-2-4-8-15/h2-13H,1H3,(H,23,26)/b22-13-. The van der Waals surface area contributed by atoms with Gasteiger partial charge in [-0.25, -0.2) is 5.43 Å². The van der Waals surface area contributed by atoms with Gasteiger partial charge in [-0.2, -0.15) is 14.9 Å². The summed E-state index contributed by atoms with van der Waals surface area (Å²) in [6.07, 6.45) is 1.40. The van der Waals surface area contributed by atoms with Gasteiger partial charge in [-0.15, -0.1) is 0 Å². The van der Waals surface area contributed by atoms with E-state index in [0.29, 0.717) is 22.2 Å². The minimum Gasteiger partial charge on any atom is -0.460 e. The molecule has 1 amide bonds. The van der Waals surface area contributed by atoms with Crippen molar-refractivity contribution >= 4 is 22.9 Å².